The highest BCUT2D eigenvalue weighted by molar-refractivity contribution is 7.90. The third kappa shape index (κ3) is 3.46. The quantitative estimate of drug-likeness (QED) is 0.861. The van der Waals surface area contributed by atoms with E-state index < -0.39 is 15.7 Å². The van der Waals surface area contributed by atoms with Gasteiger partial charge >= 0.3 is 0 Å². The Kier molecular flexibility index (Phi) is 4.13. The summed E-state index contributed by atoms with van der Waals surface area (Å²) in [6.45, 7) is 0. The van der Waals surface area contributed by atoms with Gasteiger partial charge in [-0.3, -0.25) is 4.79 Å². The number of hydrogen-bond acceptors (Lipinski definition) is 3. The average Bonchev–Trinajstić information content (AvgIpc) is 3.29. The molecule has 1 aliphatic carbocycles. The number of carbonyl (C=O) groups is 1. The summed E-state index contributed by atoms with van der Waals surface area (Å²) >= 11 is 0. The van der Waals surface area contributed by atoms with E-state index in [1.54, 1.807) is 12.1 Å². The Morgan fingerprint density at radius 2 is 1.79 bits per heavy atom. The van der Waals surface area contributed by atoms with Crippen LogP contribution in [0.25, 0.3) is 0 Å². The number of hydrogen-bond donors (Lipinski definition) is 1. The largest absolute Gasteiger partial charge is 0.323 e. The van der Waals surface area contributed by atoms with Gasteiger partial charge in [0.1, 0.15) is 11.6 Å². The molecular weight excluding hydrogens is 336 g/mol. The van der Waals surface area contributed by atoms with Crippen LogP contribution in [0.2, 0.25) is 0 Å². The molecule has 1 N–H and O–H groups in total. The molecule has 0 radical (unpaired) electrons. The zero-order valence-corrected chi connectivity index (χ0v) is 13.6. The minimum Gasteiger partial charge on any atom is -0.323 e. The first kappa shape index (κ1) is 16.6. The zero-order valence-electron chi connectivity index (χ0n) is 12.8. The fourth-order valence-electron chi connectivity index (χ4n) is 2.62. The molecule has 0 aliphatic heterocycles. The summed E-state index contributed by atoms with van der Waals surface area (Å²) in [4.78, 5) is 12.2. The summed E-state index contributed by atoms with van der Waals surface area (Å²) in [6.07, 6.45) is 1.60. The van der Waals surface area contributed by atoms with Gasteiger partial charge in [0.05, 0.1) is 10.6 Å². The van der Waals surface area contributed by atoms with E-state index in [4.69, 9.17) is 0 Å². The summed E-state index contributed by atoms with van der Waals surface area (Å²) in [7, 11) is -3.49. The van der Waals surface area contributed by atoms with Crippen molar-refractivity contribution in [1.29, 1.82) is 0 Å². The topological polar surface area (TPSA) is 63.2 Å². The molecule has 0 spiro atoms. The molecule has 2 atom stereocenters. The van der Waals surface area contributed by atoms with Gasteiger partial charge in [-0.25, -0.2) is 17.2 Å². The normalized spacial score (nSPS) is 19.8. The maximum absolute atomic E-state index is 13.8. The number of anilines is 1. The lowest BCUT2D eigenvalue weighted by Crippen LogP contribution is -2.16. The summed E-state index contributed by atoms with van der Waals surface area (Å²) in [5, 5.41) is 2.44. The minimum absolute atomic E-state index is 0.0354. The van der Waals surface area contributed by atoms with E-state index in [-0.39, 0.29) is 34.1 Å². The predicted octanol–water partition coefficient (Wildman–Crippen LogP) is 3.11. The predicted molar refractivity (Wildman–Crippen MR) is 85.4 cm³/mol. The van der Waals surface area contributed by atoms with Gasteiger partial charge in [0.2, 0.25) is 5.91 Å². The van der Waals surface area contributed by atoms with Crippen LogP contribution >= 0.6 is 0 Å². The number of amides is 1. The zero-order chi connectivity index (χ0) is 17.5. The third-order valence-corrected chi connectivity index (χ3v) is 5.16. The third-order valence-electron chi connectivity index (χ3n) is 4.05. The average molecular weight is 351 g/mol. The van der Waals surface area contributed by atoms with Gasteiger partial charge in [-0.15, -0.1) is 0 Å². The van der Waals surface area contributed by atoms with E-state index >= 15 is 0 Å². The van der Waals surface area contributed by atoms with Crippen molar-refractivity contribution in [3.8, 4) is 0 Å². The van der Waals surface area contributed by atoms with E-state index in [2.05, 4.69) is 5.32 Å². The lowest BCUT2D eigenvalue weighted by Gasteiger charge is -2.08. The van der Waals surface area contributed by atoms with Gasteiger partial charge in [0.15, 0.2) is 9.84 Å². The molecule has 1 saturated carbocycles. The second kappa shape index (κ2) is 5.98. The molecule has 7 heteroatoms. The Hall–Kier alpha value is -2.28. The molecule has 2 aromatic rings. The number of carbonyl (C=O) groups excluding carboxylic acids is 1. The van der Waals surface area contributed by atoms with E-state index in [9.17, 15) is 22.0 Å². The number of nitrogens with one attached hydrogen (secondary N) is 1. The lowest BCUT2D eigenvalue weighted by molar-refractivity contribution is -0.117. The van der Waals surface area contributed by atoms with E-state index in [0.717, 1.165) is 30.0 Å². The second-order valence-electron chi connectivity index (χ2n) is 5.90. The van der Waals surface area contributed by atoms with Crippen LogP contribution in [-0.2, 0) is 14.6 Å². The molecule has 1 aliphatic rings. The fourth-order valence-corrected chi connectivity index (χ4v) is 3.27. The maximum atomic E-state index is 13.8. The Labute approximate surface area is 138 Å². The molecule has 0 heterocycles. The minimum atomic E-state index is -3.49. The number of sulfone groups is 1. The van der Waals surface area contributed by atoms with Crippen LogP contribution in [0.15, 0.2) is 47.4 Å². The van der Waals surface area contributed by atoms with Gasteiger partial charge in [-0.2, -0.15) is 0 Å². The van der Waals surface area contributed by atoms with Crippen molar-refractivity contribution >= 4 is 21.4 Å². The molecule has 2 aromatic carbocycles. The summed E-state index contributed by atoms with van der Waals surface area (Å²) < 4.78 is 49.8. The first-order valence-corrected chi connectivity index (χ1v) is 9.21. The molecule has 2 unspecified atom stereocenters. The van der Waals surface area contributed by atoms with Crippen LogP contribution in [0.1, 0.15) is 17.9 Å². The Balaban J connectivity index is 1.73. The molecular formula is C17H15F2NO3S. The first-order valence-electron chi connectivity index (χ1n) is 7.31. The highest BCUT2D eigenvalue weighted by Gasteiger charge is 2.44. The Morgan fingerprint density at radius 3 is 2.42 bits per heavy atom. The SMILES string of the molecule is CS(=O)(=O)c1ccc(F)c(NC(=O)C2CC2c2ccc(F)cc2)c1. The molecule has 0 saturated heterocycles. The van der Waals surface area contributed by atoms with E-state index in [1.165, 1.54) is 12.1 Å². The maximum Gasteiger partial charge on any atom is 0.228 e. The van der Waals surface area contributed by atoms with Crippen molar-refractivity contribution in [3.05, 3.63) is 59.7 Å². The summed E-state index contributed by atoms with van der Waals surface area (Å²) in [5.41, 5.74) is 0.689. The van der Waals surface area contributed by atoms with E-state index in [1.807, 2.05) is 0 Å². The first-order chi connectivity index (χ1) is 11.3. The van der Waals surface area contributed by atoms with Crippen molar-refractivity contribution in [2.45, 2.75) is 17.2 Å². The monoisotopic (exact) mass is 351 g/mol. The number of benzene rings is 2. The molecule has 0 aromatic heterocycles. The van der Waals surface area contributed by atoms with Crippen molar-refractivity contribution in [3.63, 3.8) is 0 Å². The van der Waals surface area contributed by atoms with Crippen LogP contribution in [0.4, 0.5) is 14.5 Å². The van der Waals surface area contributed by atoms with Crippen LogP contribution in [-0.4, -0.2) is 20.6 Å². The van der Waals surface area contributed by atoms with Gasteiger partial charge in [0, 0.05) is 12.2 Å². The van der Waals surface area contributed by atoms with Gasteiger partial charge in [-0.05, 0) is 48.2 Å². The number of rotatable bonds is 4. The molecule has 3 rings (SSSR count). The smallest absolute Gasteiger partial charge is 0.228 e. The Morgan fingerprint density at radius 1 is 1.12 bits per heavy atom. The van der Waals surface area contributed by atoms with Crippen molar-refractivity contribution in [1.82, 2.24) is 0 Å². The van der Waals surface area contributed by atoms with Crippen molar-refractivity contribution in [2.24, 2.45) is 5.92 Å². The van der Waals surface area contributed by atoms with Crippen LogP contribution < -0.4 is 5.32 Å². The van der Waals surface area contributed by atoms with Gasteiger partial charge in [-0.1, -0.05) is 12.1 Å². The van der Waals surface area contributed by atoms with E-state index in [0.29, 0.717) is 6.42 Å². The molecule has 126 valence electrons. The number of halogens is 2. The van der Waals surface area contributed by atoms with Gasteiger partial charge in [0.25, 0.3) is 0 Å². The molecule has 1 fully saturated rings. The van der Waals surface area contributed by atoms with Crippen molar-refractivity contribution in [2.75, 3.05) is 11.6 Å². The Bertz CT molecular complexity index is 895. The second-order valence-corrected chi connectivity index (χ2v) is 7.92. The molecule has 1 amide bonds. The highest BCUT2D eigenvalue weighted by Crippen LogP contribution is 2.48. The van der Waals surface area contributed by atoms with Crippen LogP contribution in [0, 0.1) is 17.6 Å². The fraction of sp³-hybridized carbons (Fsp3) is 0.235. The van der Waals surface area contributed by atoms with Gasteiger partial charge < -0.3 is 5.32 Å². The molecule has 0 bridgehead atoms. The highest BCUT2D eigenvalue weighted by atomic mass is 32.2. The standard InChI is InChI=1S/C17H15F2NO3S/c1-24(22,23)12-6-7-15(19)16(8-12)20-17(21)14-9-13(14)10-2-4-11(18)5-3-10/h2-8,13-14H,9H2,1H3,(H,20,21). The van der Waals surface area contributed by atoms with Crippen LogP contribution in [0.5, 0.6) is 0 Å². The van der Waals surface area contributed by atoms with Crippen molar-refractivity contribution < 1.29 is 22.0 Å². The molecule has 24 heavy (non-hydrogen) atoms. The lowest BCUT2D eigenvalue weighted by atomic mass is 10.1. The van der Waals surface area contributed by atoms with Crippen LogP contribution in [0.3, 0.4) is 0 Å². The molecule has 4 nitrogen and oxygen atoms in total. The summed E-state index contributed by atoms with van der Waals surface area (Å²) in [6, 6.07) is 9.18. The summed E-state index contributed by atoms with van der Waals surface area (Å²) in [5.74, 6) is -1.80.